The van der Waals surface area contributed by atoms with Gasteiger partial charge in [-0.15, -0.1) is 5.10 Å². The Hall–Kier alpha value is -2.42. The summed E-state index contributed by atoms with van der Waals surface area (Å²) in [6, 6.07) is 7.69. The van der Waals surface area contributed by atoms with Crippen molar-refractivity contribution in [2.75, 3.05) is 11.1 Å². The summed E-state index contributed by atoms with van der Waals surface area (Å²) in [5, 5.41) is 18.5. The van der Waals surface area contributed by atoms with E-state index in [0.29, 0.717) is 22.4 Å². The summed E-state index contributed by atoms with van der Waals surface area (Å²) in [4.78, 5) is 25.2. The number of anilines is 1. The maximum atomic E-state index is 12.6. The summed E-state index contributed by atoms with van der Waals surface area (Å²) in [6.07, 6.45) is 8.88. The molecule has 0 bridgehead atoms. The maximum absolute atomic E-state index is 12.6. The van der Waals surface area contributed by atoms with Crippen LogP contribution in [0, 0.1) is 0 Å². The average molecular weight is 415 g/mol. The van der Waals surface area contributed by atoms with Crippen molar-refractivity contribution in [3.63, 3.8) is 0 Å². The molecule has 1 heterocycles. The largest absolute Gasteiger partial charge is 0.349 e. The molecular weight excluding hydrogens is 388 g/mol. The topological polar surface area (TPSA) is 102 Å². The zero-order valence-electron chi connectivity index (χ0n) is 16.3. The summed E-state index contributed by atoms with van der Waals surface area (Å²) in [7, 11) is 0. The Morgan fingerprint density at radius 2 is 1.79 bits per heavy atom. The van der Waals surface area contributed by atoms with Gasteiger partial charge in [0, 0.05) is 6.04 Å². The molecular formula is C20H26N6O2S. The van der Waals surface area contributed by atoms with Crippen LogP contribution in [0.15, 0.2) is 29.4 Å². The number of aromatic nitrogens is 4. The van der Waals surface area contributed by atoms with Crippen LogP contribution in [0.3, 0.4) is 0 Å². The third-order valence-electron chi connectivity index (χ3n) is 5.60. The summed E-state index contributed by atoms with van der Waals surface area (Å²) in [5.41, 5.74) is 1.03. The molecule has 0 saturated heterocycles. The van der Waals surface area contributed by atoms with Crippen molar-refractivity contribution < 1.29 is 9.59 Å². The lowest BCUT2D eigenvalue weighted by Crippen LogP contribution is -2.33. The Balaban J connectivity index is 1.35. The van der Waals surface area contributed by atoms with Crippen LogP contribution < -0.4 is 10.6 Å². The van der Waals surface area contributed by atoms with Gasteiger partial charge in [-0.25, -0.2) is 4.68 Å². The van der Waals surface area contributed by atoms with Crippen LogP contribution >= 0.6 is 11.8 Å². The van der Waals surface area contributed by atoms with Crippen molar-refractivity contribution in [2.45, 2.75) is 68.6 Å². The number of thioether (sulfide) groups is 1. The Morgan fingerprint density at radius 3 is 2.59 bits per heavy atom. The molecule has 29 heavy (non-hydrogen) atoms. The number of nitrogens with one attached hydrogen (secondary N) is 2. The van der Waals surface area contributed by atoms with Gasteiger partial charge in [-0.2, -0.15) is 0 Å². The van der Waals surface area contributed by atoms with Crippen LogP contribution in [0.4, 0.5) is 5.69 Å². The first-order chi connectivity index (χ1) is 14.2. The molecule has 2 fully saturated rings. The van der Waals surface area contributed by atoms with Gasteiger partial charge in [0.2, 0.25) is 11.1 Å². The molecule has 2 aliphatic rings. The number of amides is 2. The number of carbonyl (C=O) groups excluding carboxylic acids is 2. The third kappa shape index (κ3) is 4.95. The SMILES string of the molecule is O=C(CSc1nnnn1C1CCCC1)Nc1ccccc1C(=O)NC1CCCC1. The highest BCUT2D eigenvalue weighted by molar-refractivity contribution is 7.99. The molecule has 1 aromatic heterocycles. The van der Waals surface area contributed by atoms with Gasteiger partial charge in [0.15, 0.2) is 0 Å². The van der Waals surface area contributed by atoms with Gasteiger partial charge in [0.1, 0.15) is 0 Å². The van der Waals surface area contributed by atoms with Crippen LogP contribution in [0.1, 0.15) is 67.8 Å². The molecule has 1 aromatic carbocycles. The number of carbonyl (C=O) groups is 2. The van der Waals surface area contributed by atoms with Crippen LogP contribution in [-0.4, -0.2) is 43.8 Å². The van der Waals surface area contributed by atoms with E-state index in [0.717, 1.165) is 38.5 Å². The second kappa shape index (κ2) is 9.39. The Labute approximate surface area is 174 Å². The molecule has 0 radical (unpaired) electrons. The predicted molar refractivity (Wildman–Crippen MR) is 111 cm³/mol. The fourth-order valence-electron chi connectivity index (χ4n) is 4.10. The molecule has 154 valence electrons. The van der Waals surface area contributed by atoms with Crippen LogP contribution in [0.2, 0.25) is 0 Å². The Morgan fingerprint density at radius 1 is 1.07 bits per heavy atom. The van der Waals surface area contributed by atoms with Crippen molar-refractivity contribution in [1.82, 2.24) is 25.5 Å². The van der Waals surface area contributed by atoms with Gasteiger partial charge in [-0.1, -0.05) is 49.6 Å². The summed E-state index contributed by atoms with van der Waals surface area (Å²) in [6.45, 7) is 0. The minimum Gasteiger partial charge on any atom is -0.349 e. The molecule has 2 amide bonds. The van der Waals surface area contributed by atoms with Gasteiger partial charge in [-0.3, -0.25) is 9.59 Å². The third-order valence-corrected chi connectivity index (χ3v) is 6.54. The van der Waals surface area contributed by atoms with Crippen molar-refractivity contribution in [3.8, 4) is 0 Å². The lowest BCUT2D eigenvalue weighted by molar-refractivity contribution is -0.113. The normalized spacial score (nSPS) is 17.5. The van der Waals surface area contributed by atoms with E-state index in [2.05, 4.69) is 26.2 Å². The van der Waals surface area contributed by atoms with E-state index in [-0.39, 0.29) is 23.6 Å². The van der Waals surface area contributed by atoms with E-state index in [9.17, 15) is 9.59 Å². The molecule has 0 aliphatic heterocycles. The molecule has 2 aromatic rings. The van der Waals surface area contributed by atoms with Gasteiger partial charge in [0.05, 0.1) is 23.0 Å². The Bertz CT molecular complexity index is 858. The van der Waals surface area contributed by atoms with Crippen molar-refractivity contribution >= 4 is 29.3 Å². The van der Waals surface area contributed by atoms with Crippen LogP contribution in [-0.2, 0) is 4.79 Å². The van der Waals surface area contributed by atoms with Crippen molar-refractivity contribution in [2.24, 2.45) is 0 Å². The first-order valence-electron chi connectivity index (χ1n) is 10.3. The summed E-state index contributed by atoms with van der Waals surface area (Å²) in [5.74, 6) is -0.131. The average Bonchev–Trinajstić information content (AvgIpc) is 3.48. The molecule has 9 heteroatoms. The molecule has 2 saturated carbocycles. The number of hydrogen-bond acceptors (Lipinski definition) is 6. The highest BCUT2D eigenvalue weighted by atomic mass is 32.2. The quantitative estimate of drug-likeness (QED) is 0.675. The maximum Gasteiger partial charge on any atom is 0.253 e. The molecule has 0 spiro atoms. The second-order valence-electron chi connectivity index (χ2n) is 7.68. The molecule has 4 rings (SSSR count). The van der Waals surface area contributed by atoms with Gasteiger partial charge >= 0.3 is 0 Å². The van der Waals surface area contributed by atoms with E-state index < -0.39 is 0 Å². The monoisotopic (exact) mass is 414 g/mol. The number of tetrazole rings is 1. The minimum atomic E-state index is -0.183. The number of nitrogens with zero attached hydrogens (tertiary/aromatic N) is 4. The summed E-state index contributed by atoms with van der Waals surface area (Å²) < 4.78 is 1.84. The van der Waals surface area contributed by atoms with Crippen molar-refractivity contribution in [3.05, 3.63) is 29.8 Å². The first kappa shape index (κ1) is 19.9. The van der Waals surface area contributed by atoms with E-state index in [4.69, 9.17) is 0 Å². The molecule has 8 nitrogen and oxygen atoms in total. The lowest BCUT2D eigenvalue weighted by Gasteiger charge is -2.15. The standard InChI is InChI=1S/C20H26N6O2S/c27-18(13-29-20-23-24-25-26(20)15-9-3-4-10-15)22-17-12-6-5-11-16(17)19(28)21-14-7-1-2-8-14/h5-6,11-12,14-15H,1-4,7-10,13H2,(H,21,28)(H,22,27). The highest BCUT2D eigenvalue weighted by Crippen LogP contribution is 2.31. The number of rotatable bonds is 7. The smallest absolute Gasteiger partial charge is 0.253 e. The van der Waals surface area contributed by atoms with Crippen LogP contribution in [0.5, 0.6) is 0 Å². The number of para-hydroxylation sites is 1. The molecule has 0 unspecified atom stereocenters. The molecule has 0 atom stereocenters. The highest BCUT2D eigenvalue weighted by Gasteiger charge is 2.23. The van der Waals surface area contributed by atoms with E-state index in [1.807, 2.05) is 16.8 Å². The summed E-state index contributed by atoms with van der Waals surface area (Å²) >= 11 is 1.32. The van der Waals surface area contributed by atoms with Gasteiger partial charge < -0.3 is 10.6 Å². The van der Waals surface area contributed by atoms with Gasteiger partial charge in [-0.05, 0) is 48.2 Å². The first-order valence-corrected chi connectivity index (χ1v) is 11.3. The predicted octanol–water partition coefficient (Wildman–Crippen LogP) is 3.19. The zero-order chi connectivity index (χ0) is 20.1. The van der Waals surface area contributed by atoms with Crippen LogP contribution in [0.25, 0.3) is 0 Å². The fraction of sp³-hybridized carbons (Fsp3) is 0.550. The molecule has 2 N–H and O–H groups in total. The van der Waals surface area contributed by atoms with E-state index in [1.54, 1.807) is 12.1 Å². The zero-order valence-corrected chi connectivity index (χ0v) is 17.2. The molecule has 2 aliphatic carbocycles. The van der Waals surface area contributed by atoms with E-state index >= 15 is 0 Å². The number of hydrogen-bond donors (Lipinski definition) is 2. The second-order valence-corrected chi connectivity index (χ2v) is 8.62. The lowest BCUT2D eigenvalue weighted by atomic mass is 10.1. The minimum absolute atomic E-state index is 0.134. The number of benzene rings is 1. The van der Waals surface area contributed by atoms with Gasteiger partial charge in [0.25, 0.3) is 5.91 Å². The van der Waals surface area contributed by atoms with E-state index in [1.165, 1.54) is 24.6 Å². The Kier molecular flexibility index (Phi) is 6.43. The van der Waals surface area contributed by atoms with Crippen molar-refractivity contribution in [1.29, 1.82) is 0 Å². The fourth-order valence-corrected chi connectivity index (χ4v) is 4.84.